The lowest BCUT2D eigenvalue weighted by atomic mass is 10.0. The molecule has 0 unspecified atom stereocenters. The van der Waals surface area contributed by atoms with Gasteiger partial charge in [0.25, 0.3) is 0 Å². The Bertz CT molecular complexity index is 1030. The Hall–Kier alpha value is -3.20. The Balaban J connectivity index is 1.82. The number of benzene rings is 3. The molecule has 0 fully saturated rings. The van der Waals surface area contributed by atoms with Crippen molar-refractivity contribution < 1.29 is 0 Å². The number of aromatic nitrogens is 2. The van der Waals surface area contributed by atoms with E-state index in [1.807, 2.05) is 31.3 Å². The van der Waals surface area contributed by atoms with Crippen molar-refractivity contribution in [3.63, 3.8) is 0 Å². The van der Waals surface area contributed by atoms with Gasteiger partial charge in [-0.3, -0.25) is 0 Å². The predicted molar refractivity (Wildman–Crippen MR) is 108 cm³/mol. The molecule has 1 heterocycles. The molecule has 0 N–H and O–H groups in total. The lowest BCUT2D eigenvalue weighted by Crippen LogP contribution is -2.19. The van der Waals surface area contributed by atoms with Crippen LogP contribution in [0.2, 0.25) is 0 Å². The number of hydrogen-bond acceptors (Lipinski definition) is 3. The van der Waals surface area contributed by atoms with E-state index in [1.54, 1.807) is 0 Å². The topological polar surface area (TPSA) is 29.0 Å². The summed E-state index contributed by atoms with van der Waals surface area (Å²) in [5.41, 5.74) is 5.51. The monoisotopic (exact) mass is 339 g/mol. The van der Waals surface area contributed by atoms with Crippen molar-refractivity contribution in [2.45, 2.75) is 13.5 Å². The minimum atomic E-state index is 0.740. The second-order valence-electron chi connectivity index (χ2n) is 6.60. The van der Waals surface area contributed by atoms with Gasteiger partial charge in [0.1, 0.15) is 0 Å². The summed E-state index contributed by atoms with van der Waals surface area (Å²) < 4.78 is 0. The summed E-state index contributed by atoms with van der Waals surface area (Å²) >= 11 is 0. The van der Waals surface area contributed by atoms with Gasteiger partial charge in [0.2, 0.25) is 5.95 Å². The number of nitrogens with zero attached hydrogens (tertiary/aromatic N) is 3. The largest absolute Gasteiger partial charge is 0.340 e. The van der Waals surface area contributed by atoms with Crippen molar-refractivity contribution in [1.29, 1.82) is 0 Å². The van der Waals surface area contributed by atoms with E-state index in [4.69, 9.17) is 9.97 Å². The van der Waals surface area contributed by atoms with Crippen LogP contribution >= 0.6 is 0 Å². The van der Waals surface area contributed by atoms with Crippen LogP contribution in [0.5, 0.6) is 0 Å². The van der Waals surface area contributed by atoms with E-state index in [2.05, 4.69) is 66.4 Å². The zero-order valence-corrected chi connectivity index (χ0v) is 15.1. The number of hydrogen-bond donors (Lipinski definition) is 0. The molecular formula is C23H21N3. The van der Waals surface area contributed by atoms with Crippen molar-refractivity contribution in [2.24, 2.45) is 0 Å². The first-order chi connectivity index (χ1) is 12.7. The summed E-state index contributed by atoms with van der Waals surface area (Å²) in [7, 11) is 2.04. The summed E-state index contributed by atoms with van der Waals surface area (Å²) in [6, 6.07) is 27.1. The van der Waals surface area contributed by atoms with Crippen LogP contribution in [0.4, 0.5) is 5.95 Å². The molecule has 0 aliphatic rings. The fraction of sp³-hybridized carbons (Fsp3) is 0.130. The molecule has 0 spiro atoms. The van der Waals surface area contributed by atoms with Crippen LogP contribution in [-0.2, 0) is 6.54 Å². The van der Waals surface area contributed by atoms with Crippen molar-refractivity contribution in [3.05, 3.63) is 90.0 Å². The second kappa shape index (κ2) is 6.96. The van der Waals surface area contributed by atoms with Gasteiger partial charge >= 0.3 is 0 Å². The zero-order valence-electron chi connectivity index (χ0n) is 15.1. The molecule has 0 bridgehead atoms. The second-order valence-corrected chi connectivity index (χ2v) is 6.60. The van der Waals surface area contributed by atoms with Gasteiger partial charge in [-0.25, -0.2) is 9.97 Å². The van der Waals surface area contributed by atoms with E-state index in [-0.39, 0.29) is 0 Å². The van der Waals surface area contributed by atoms with Crippen molar-refractivity contribution >= 4 is 16.9 Å². The van der Waals surface area contributed by atoms with E-state index in [1.165, 1.54) is 11.1 Å². The van der Waals surface area contributed by atoms with Crippen LogP contribution in [0.3, 0.4) is 0 Å². The maximum absolute atomic E-state index is 4.92. The van der Waals surface area contributed by atoms with E-state index in [9.17, 15) is 0 Å². The molecule has 4 aromatic rings. The molecule has 3 heteroatoms. The molecule has 0 atom stereocenters. The Morgan fingerprint density at radius 3 is 2.23 bits per heavy atom. The fourth-order valence-corrected chi connectivity index (χ4v) is 3.14. The third kappa shape index (κ3) is 3.29. The van der Waals surface area contributed by atoms with Gasteiger partial charge in [0, 0.05) is 24.5 Å². The number of rotatable bonds is 4. The Morgan fingerprint density at radius 2 is 1.50 bits per heavy atom. The summed E-state index contributed by atoms with van der Waals surface area (Å²) in [5.74, 6) is 0.740. The van der Waals surface area contributed by atoms with Gasteiger partial charge in [-0.05, 0) is 24.6 Å². The van der Waals surface area contributed by atoms with E-state index in [0.717, 1.165) is 34.7 Å². The molecule has 3 nitrogen and oxygen atoms in total. The first-order valence-corrected chi connectivity index (χ1v) is 8.79. The first-order valence-electron chi connectivity index (χ1n) is 8.79. The molecule has 0 radical (unpaired) electrons. The Labute approximate surface area is 154 Å². The SMILES string of the molecule is Cc1ccc2nc(N(C)Cc3ccccc3)nc(-c3ccccc3)c2c1. The number of anilines is 1. The molecule has 3 aromatic carbocycles. The Morgan fingerprint density at radius 1 is 0.808 bits per heavy atom. The predicted octanol–water partition coefficient (Wildman–Crippen LogP) is 5.24. The average molecular weight is 339 g/mol. The number of aryl methyl sites for hydroxylation is 1. The summed E-state index contributed by atoms with van der Waals surface area (Å²) in [5, 5.41) is 1.09. The first kappa shape index (κ1) is 16.3. The summed E-state index contributed by atoms with van der Waals surface area (Å²) in [6.45, 7) is 2.87. The number of fused-ring (bicyclic) bond motifs is 1. The highest BCUT2D eigenvalue weighted by Crippen LogP contribution is 2.29. The summed E-state index contributed by atoms with van der Waals surface area (Å²) in [4.78, 5) is 11.8. The molecule has 1 aromatic heterocycles. The summed E-state index contributed by atoms with van der Waals surface area (Å²) in [6.07, 6.45) is 0. The van der Waals surface area contributed by atoms with Gasteiger partial charge in [-0.2, -0.15) is 0 Å². The van der Waals surface area contributed by atoms with Crippen LogP contribution in [0, 0.1) is 6.92 Å². The highest BCUT2D eigenvalue weighted by atomic mass is 15.2. The molecule has 0 saturated heterocycles. The highest BCUT2D eigenvalue weighted by molar-refractivity contribution is 5.93. The van der Waals surface area contributed by atoms with Crippen LogP contribution in [0.25, 0.3) is 22.2 Å². The molecule has 4 rings (SSSR count). The van der Waals surface area contributed by atoms with Gasteiger partial charge in [-0.15, -0.1) is 0 Å². The standard InChI is InChI=1S/C23H21N3/c1-17-13-14-21-20(15-17)22(19-11-7-4-8-12-19)25-23(24-21)26(2)16-18-9-5-3-6-10-18/h3-15H,16H2,1-2H3. The fourth-order valence-electron chi connectivity index (χ4n) is 3.14. The van der Waals surface area contributed by atoms with Gasteiger partial charge in [-0.1, -0.05) is 72.3 Å². The van der Waals surface area contributed by atoms with Crippen molar-refractivity contribution in [2.75, 3.05) is 11.9 Å². The zero-order chi connectivity index (χ0) is 17.9. The van der Waals surface area contributed by atoms with Crippen LogP contribution in [-0.4, -0.2) is 17.0 Å². The van der Waals surface area contributed by atoms with Gasteiger partial charge in [0.15, 0.2) is 0 Å². The van der Waals surface area contributed by atoms with Gasteiger partial charge in [0.05, 0.1) is 11.2 Å². The lowest BCUT2D eigenvalue weighted by Gasteiger charge is -2.19. The normalized spacial score (nSPS) is 10.8. The average Bonchev–Trinajstić information content (AvgIpc) is 2.68. The molecule has 0 aliphatic heterocycles. The molecule has 128 valence electrons. The minimum absolute atomic E-state index is 0.740. The molecular weight excluding hydrogens is 318 g/mol. The molecule has 0 amide bonds. The smallest absolute Gasteiger partial charge is 0.226 e. The van der Waals surface area contributed by atoms with E-state index in [0.29, 0.717) is 0 Å². The Kier molecular flexibility index (Phi) is 4.36. The maximum Gasteiger partial charge on any atom is 0.226 e. The highest BCUT2D eigenvalue weighted by Gasteiger charge is 2.13. The molecule has 26 heavy (non-hydrogen) atoms. The third-order valence-electron chi connectivity index (χ3n) is 4.49. The van der Waals surface area contributed by atoms with Crippen LogP contribution in [0.15, 0.2) is 78.9 Å². The van der Waals surface area contributed by atoms with Crippen LogP contribution in [0.1, 0.15) is 11.1 Å². The third-order valence-corrected chi connectivity index (χ3v) is 4.49. The van der Waals surface area contributed by atoms with Crippen molar-refractivity contribution in [3.8, 4) is 11.3 Å². The van der Waals surface area contributed by atoms with E-state index < -0.39 is 0 Å². The van der Waals surface area contributed by atoms with E-state index >= 15 is 0 Å². The molecule has 0 aliphatic carbocycles. The quantitative estimate of drug-likeness (QED) is 0.509. The van der Waals surface area contributed by atoms with Crippen molar-refractivity contribution in [1.82, 2.24) is 9.97 Å². The maximum atomic E-state index is 4.92. The lowest BCUT2D eigenvalue weighted by molar-refractivity contribution is 0.874. The molecule has 0 saturated carbocycles. The van der Waals surface area contributed by atoms with Crippen LogP contribution < -0.4 is 4.90 Å². The minimum Gasteiger partial charge on any atom is -0.340 e. The van der Waals surface area contributed by atoms with Gasteiger partial charge < -0.3 is 4.90 Å².